The fourth-order valence-electron chi connectivity index (χ4n) is 0. The number of hydrogen-bond acceptors (Lipinski definition) is 1. The van der Waals surface area contributed by atoms with E-state index in [1.807, 2.05) is 0 Å². The third-order valence-electron chi connectivity index (χ3n) is 0.0962. The molecule has 0 aliphatic rings. The Labute approximate surface area is 50.5 Å². The van der Waals surface area contributed by atoms with Crippen LogP contribution in [0, 0.1) is 0 Å². The molecule has 0 rings (SSSR count). The summed E-state index contributed by atoms with van der Waals surface area (Å²) in [4.78, 5) is 9.06. The second-order valence-corrected chi connectivity index (χ2v) is 0.372. The number of carbonyl (C=O) groups is 1. The summed E-state index contributed by atoms with van der Waals surface area (Å²) in [5, 5.41) is 0. The fraction of sp³-hybridized carbons (Fsp3) is 0. The standard InChI is InChI=1S/C3H4O.Po.2H/c1-2-3-4;;;/h2-3H,1H2;;;. The molecule has 0 aliphatic heterocycles. The van der Waals surface area contributed by atoms with E-state index in [1.165, 1.54) is 6.08 Å². The fourth-order valence-corrected chi connectivity index (χ4v) is 0. The first kappa shape index (κ1) is 9.00. The summed E-state index contributed by atoms with van der Waals surface area (Å²) in [7, 11) is 0. The summed E-state index contributed by atoms with van der Waals surface area (Å²) in [6.45, 7) is 3.11. The van der Waals surface area contributed by atoms with Gasteiger partial charge in [0.15, 0.2) is 0 Å². The first-order valence-electron chi connectivity index (χ1n) is 0.977. The SMILES string of the molecule is C=CC=O.[PoH2]. The van der Waals surface area contributed by atoms with Crippen LogP contribution in [-0.2, 0) is 4.79 Å². The van der Waals surface area contributed by atoms with Crippen LogP contribution >= 0.6 is 0 Å². The number of aldehydes is 1. The Morgan fingerprint density at radius 3 is 1.80 bits per heavy atom. The van der Waals surface area contributed by atoms with E-state index in [2.05, 4.69) is 6.58 Å². The summed E-state index contributed by atoms with van der Waals surface area (Å²) < 4.78 is 0. The molecule has 0 saturated carbocycles. The maximum absolute atomic E-state index is 9.06. The van der Waals surface area contributed by atoms with Crippen molar-refractivity contribution in [3.05, 3.63) is 12.7 Å². The normalized spacial score (nSPS) is 4.00. The molecule has 2 heteroatoms. The van der Waals surface area contributed by atoms with Crippen molar-refractivity contribution < 1.29 is 4.79 Å². The topological polar surface area (TPSA) is 17.1 Å². The number of carbonyl (C=O) groups excluding carboxylic acids is 1. The Bertz CT molecular complexity index is 27.9. The van der Waals surface area contributed by atoms with Gasteiger partial charge in [-0.15, -0.1) is 0 Å². The van der Waals surface area contributed by atoms with Gasteiger partial charge in [-0.3, -0.25) is 4.79 Å². The van der Waals surface area contributed by atoms with E-state index in [0.717, 1.165) is 0 Å². The molecule has 0 unspecified atom stereocenters. The molecule has 0 aromatic rings. The molecule has 0 heterocycles. The monoisotopic (exact) mass is 267 g/mol. The Hall–Kier alpha value is 0.306. The zero-order chi connectivity index (χ0) is 3.41. The molecule has 5 heavy (non-hydrogen) atoms. The third-order valence-corrected chi connectivity index (χ3v) is 0.0962. The van der Waals surface area contributed by atoms with Gasteiger partial charge in [-0.25, -0.2) is 0 Å². The van der Waals surface area contributed by atoms with Crippen LogP contribution in [0.15, 0.2) is 12.7 Å². The van der Waals surface area contributed by atoms with Crippen LogP contribution in [0.2, 0.25) is 0 Å². The quantitative estimate of drug-likeness (QED) is 0.460. The van der Waals surface area contributed by atoms with Gasteiger partial charge in [0.05, 0.1) is 0 Å². The molecule has 0 saturated heterocycles. The molecule has 1 nitrogen and oxygen atoms in total. The summed E-state index contributed by atoms with van der Waals surface area (Å²) in [6, 6.07) is 0. The van der Waals surface area contributed by atoms with Crippen LogP contribution in [0.25, 0.3) is 0 Å². The van der Waals surface area contributed by atoms with Gasteiger partial charge in [0, 0.05) is 0 Å². The number of hydrogen-bond donors (Lipinski definition) is 0. The van der Waals surface area contributed by atoms with Crippen molar-refractivity contribution in [1.82, 2.24) is 0 Å². The van der Waals surface area contributed by atoms with E-state index in [0.29, 0.717) is 6.29 Å². The molecular formula is C3H6OPo. The van der Waals surface area contributed by atoms with Gasteiger partial charge in [0.2, 0.25) is 0 Å². The van der Waals surface area contributed by atoms with Crippen LogP contribution in [0.3, 0.4) is 0 Å². The molecule has 0 aliphatic carbocycles. The Morgan fingerprint density at radius 1 is 1.60 bits per heavy atom. The van der Waals surface area contributed by atoms with Gasteiger partial charge in [-0.1, -0.05) is 6.58 Å². The molecule has 0 atom stereocenters. The molecule has 0 bridgehead atoms. The molecule has 0 spiro atoms. The molecule has 0 radical (unpaired) electrons. The predicted molar refractivity (Wildman–Crippen MR) is 24.8 cm³/mol. The third kappa shape index (κ3) is 13.4. The molecule has 0 aromatic heterocycles. The van der Waals surface area contributed by atoms with Crippen molar-refractivity contribution in [3.8, 4) is 0 Å². The van der Waals surface area contributed by atoms with Gasteiger partial charge in [-0.05, 0) is 6.08 Å². The second kappa shape index (κ2) is 8.85. The first-order chi connectivity index (χ1) is 1.91. The molecule has 0 aromatic carbocycles. The average molecular weight is 267 g/mol. The van der Waals surface area contributed by atoms with Crippen molar-refractivity contribution in [1.29, 1.82) is 0 Å². The van der Waals surface area contributed by atoms with Gasteiger partial charge < -0.3 is 0 Å². The predicted octanol–water partition coefficient (Wildman–Crippen LogP) is -0.545. The van der Waals surface area contributed by atoms with E-state index in [9.17, 15) is 0 Å². The van der Waals surface area contributed by atoms with E-state index in [1.54, 1.807) is 0 Å². The Morgan fingerprint density at radius 2 is 1.80 bits per heavy atom. The van der Waals surface area contributed by atoms with Crippen molar-refractivity contribution in [2.24, 2.45) is 0 Å². The molecular weight excluding hydrogens is 261 g/mol. The summed E-state index contributed by atoms with van der Waals surface area (Å²) in [5.74, 6) is 0. The zero-order valence-corrected chi connectivity index (χ0v) is 6.66. The maximum atomic E-state index is 9.06. The first-order valence-corrected chi connectivity index (χ1v) is 0.977. The molecule has 0 amide bonds. The second-order valence-electron chi connectivity index (χ2n) is 0.372. The van der Waals surface area contributed by atoms with Crippen molar-refractivity contribution in [2.45, 2.75) is 0 Å². The summed E-state index contributed by atoms with van der Waals surface area (Å²) >= 11 is 0. The zero-order valence-electron chi connectivity index (χ0n) is 2.77. The average Bonchev–Trinajstić information content (AvgIpc) is 1.37. The summed E-state index contributed by atoms with van der Waals surface area (Å²) in [5.41, 5.74) is 0. The van der Waals surface area contributed by atoms with Crippen LogP contribution < -0.4 is 0 Å². The van der Waals surface area contributed by atoms with Crippen molar-refractivity contribution >= 4 is 32.9 Å². The van der Waals surface area contributed by atoms with Crippen LogP contribution in [-0.4, -0.2) is 32.9 Å². The van der Waals surface area contributed by atoms with Gasteiger partial charge >= 0.3 is 26.6 Å². The minimum atomic E-state index is 0. The Balaban J connectivity index is 0. The summed E-state index contributed by atoms with van der Waals surface area (Å²) in [6.07, 6.45) is 1.83. The minimum absolute atomic E-state index is 0. The van der Waals surface area contributed by atoms with Crippen LogP contribution in [0.1, 0.15) is 0 Å². The molecule has 30 valence electrons. The van der Waals surface area contributed by atoms with Gasteiger partial charge in [0.1, 0.15) is 6.29 Å². The van der Waals surface area contributed by atoms with Gasteiger partial charge in [0.25, 0.3) is 0 Å². The van der Waals surface area contributed by atoms with Crippen LogP contribution in [0.4, 0.5) is 0 Å². The van der Waals surface area contributed by atoms with E-state index in [-0.39, 0.29) is 26.6 Å². The van der Waals surface area contributed by atoms with Gasteiger partial charge in [-0.2, -0.15) is 0 Å². The number of allylic oxidation sites excluding steroid dienone is 1. The van der Waals surface area contributed by atoms with Crippen molar-refractivity contribution in [3.63, 3.8) is 0 Å². The Kier molecular flexibility index (Phi) is 15.9. The van der Waals surface area contributed by atoms with Crippen LogP contribution in [0.5, 0.6) is 0 Å². The number of rotatable bonds is 1. The van der Waals surface area contributed by atoms with E-state index >= 15 is 0 Å². The van der Waals surface area contributed by atoms with E-state index < -0.39 is 0 Å². The molecule has 0 N–H and O–H groups in total. The van der Waals surface area contributed by atoms with E-state index in [4.69, 9.17) is 4.79 Å². The van der Waals surface area contributed by atoms with Crippen molar-refractivity contribution in [2.75, 3.05) is 0 Å². The molecule has 0 fully saturated rings.